The Morgan fingerprint density at radius 2 is 1.87 bits per heavy atom. The van der Waals surface area contributed by atoms with Crippen molar-refractivity contribution >= 4 is 35.0 Å². The van der Waals surface area contributed by atoms with Crippen LogP contribution >= 0.6 is 23.4 Å². The standard InChI is InChI=1S/C19H22ClNOS/c1-3-14(2)17-6-4-5-7-18(17)21-19(22)12-13-23-16-10-8-15(20)9-11-16/h4-11,14H,3,12-13H2,1-2H3,(H,21,22)/t14-/m1/s1. The number of anilines is 1. The first-order valence-corrected chi connectivity index (χ1v) is 9.23. The Balaban J connectivity index is 1.86. The summed E-state index contributed by atoms with van der Waals surface area (Å²) in [6.45, 7) is 4.34. The fraction of sp³-hybridized carbons (Fsp3) is 0.316. The summed E-state index contributed by atoms with van der Waals surface area (Å²) in [7, 11) is 0. The largest absolute Gasteiger partial charge is 0.326 e. The molecule has 2 rings (SSSR count). The lowest BCUT2D eigenvalue weighted by Crippen LogP contribution is -2.14. The number of hydrogen-bond acceptors (Lipinski definition) is 2. The molecule has 122 valence electrons. The van der Waals surface area contributed by atoms with Gasteiger partial charge in [-0.05, 0) is 48.2 Å². The third kappa shape index (κ3) is 5.60. The molecular weight excluding hydrogens is 326 g/mol. The van der Waals surface area contributed by atoms with E-state index in [4.69, 9.17) is 11.6 Å². The molecule has 2 nitrogen and oxygen atoms in total. The van der Waals surface area contributed by atoms with Crippen LogP contribution in [0.2, 0.25) is 5.02 Å². The molecule has 1 N–H and O–H groups in total. The van der Waals surface area contributed by atoms with Gasteiger partial charge in [-0.25, -0.2) is 0 Å². The van der Waals surface area contributed by atoms with Crippen LogP contribution in [0.15, 0.2) is 53.4 Å². The summed E-state index contributed by atoms with van der Waals surface area (Å²) in [6.07, 6.45) is 1.54. The van der Waals surface area contributed by atoms with E-state index >= 15 is 0 Å². The molecule has 0 aliphatic carbocycles. The van der Waals surface area contributed by atoms with Gasteiger partial charge in [0.25, 0.3) is 0 Å². The molecule has 0 fully saturated rings. The summed E-state index contributed by atoms with van der Waals surface area (Å²) in [5.41, 5.74) is 2.14. The van der Waals surface area contributed by atoms with Gasteiger partial charge in [0.15, 0.2) is 0 Å². The molecule has 4 heteroatoms. The Morgan fingerprint density at radius 1 is 1.17 bits per heavy atom. The van der Waals surface area contributed by atoms with Crippen LogP contribution in [-0.2, 0) is 4.79 Å². The smallest absolute Gasteiger partial charge is 0.225 e. The van der Waals surface area contributed by atoms with Crippen molar-refractivity contribution in [1.29, 1.82) is 0 Å². The van der Waals surface area contributed by atoms with E-state index in [0.717, 1.165) is 27.8 Å². The lowest BCUT2D eigenvalue weighted by Gasteiger charge is -2.15. The fourth-order valence-electron chi connectivity index (χ4n) is 2.27. The van der Waals surface area contributed by atoms with Gasteiger partial charge < -0.3 is 5.32 Å². The summed E-state index contributed by atoms with van der Waals surface area (Å²) in [4.78, 5) is 13.3. The number of amides is 1. The number of hydrogen-bond donors (Lipinski definition) is 1. The van der Waals surface area contributed by atoms with Crippen molar-refractivity contribution in [2.24, 2.45) is 0 Å². The van der Waals surface area contributed by atoms with Gasteiger partial charge in [0.2, 0.25) is 5.91 Å². The highest BCUT2D eigenvalue weighted by molar-refractivity contribution is 7.99. The van der Waals surface area contributed by atoms with Crippen LogP contribution in [0.5, 0.6) is 0 Å². The van der Waals surface area contributed by atoms with Gasteiger partial charge in [0.1, 0.15) is 0 Å². The summed E-state index contributed by atoms with van der Waals surface area (Å²) in [5.74, 6) is 1.25. The molecule has 0 aromatic heterocycles. The van der Waals surface area contributed by atoms with Gasteiger partial charge in [-0.3, -0.25) is 4.79 Å². The number of carbonyl (C=O) groups excluding carboxylic acids is 1. The van der Waals surface area contributed by atoms with Crippen molar-refractivity contribution in [3.63, 3.8) is 0 Å². The van der Waals surface area contributed by atoms with E-state index in [9.17, 15) is 4.79 Å². The molecule has 2 aromatic rings. The molecule has 0 heterocycles. The zero-order chi connectivity index (χ0) is 16.7. The van der Waals surface area contributed by atoms with E-state index < -0.39 is 0 Å². The number of nitrogens with one attached hydrogen (secondary N) is 1. The maximum atomic E-state index is 12.2. The molecule has 0 bridgehead atoms. The van der Waals surface area contributed by atoms with Crippen LogP contribution in [0.4, 0.5) is 5.69 Å². The van der Waals surface area contributed by atoms with E-state index in [0.29, 0.717) is 12.3 Å². The third-order valence-electron chi connectivity index (χ3n) is 3.79. The van der Waals surface area contributed by atoms with Crippen LogP contribution in [0.25, 0.3) is 0 Å². The second-order valence-electron chi connectivity index (χ2n) is 5.50. The molecule has 0 spiro atoms. The molecular formula is C19H22ClNOS. The second-order valence-corrected chi connectivity index (χ2v) is 7.10. The molecule has 0 saturated carbocycles. The predicted octanol–water partition coefficient (Wildman–Crippen LogP) is 5.97. The third-order valence-corrected chi connectivity index (χ3v) is 5.06. The highest BCUT2D eigenvalue weighted by Gasteiger charge is 2.10. The Morgan fingerprint density at radius 3 is 2.57 bits per heavy atom. The van der Waals surface area contributed by atoms with Crippen LogP contribution < -0.4 is 5.32 Å². The van der Waals surface area contributed by atoms with Crippen molar-refractivity contribution < 1.29 is 4.79 Å². The first-order valence-electron chi connectivity index (χ1n) is 7.87. The Hall–Kier alpha value is -1.45. The summed E-state index contributed by atoms with van der Waals surface area (Å²) < 4.78 is 0. The van der Waals surface area contributed by atoms with Crippen molar-refractivity contribution in [2.45, 2.75) is 37.5 Å². The van der Waals surface area contributed by atoms with E-state index in [-0.39, 0.29) is 5.91 Å². The number of halogens is 1. The Labute approximate surface area is 147 Å². The lowest BCUT2D eigenvalue weighted by molar-refractivity contribution is -0.115. The van der Waals surface area contributed by atoms with Crippen LogP contribution in [-0.4, -0.2) is 11.7 Å². The molecule has 0 aliphatic rings. The molecule has 0 unspecified atom stereocenters. The van der Waals surface area contributed by atoms with Gasteiger partial charge in [-0.15, -0.1) is 11.8 Å². The Kier molecular flexibility index (Phi) is 7.00. The fourth-order valence-corrected chi connectivity index (χ4v) is 3.24. The molecule has 1 atom stereocenters. The zero-order valence-electron chi connectivity index (χ0n) is 13.5. The van der Waals surface area contributed by atoms with Gasteiger partial charge in [0.05, 0.1) is 0 Å². The topological polar surface area (TPSA) is 29.1 Å². The minimum atomic E-state index is 0.0576. The number of thioether (sulfide) groups is 1. The SMILES string of the molecule is CC[C@@H](C)c1ccccc1NC(=O)CCSc1ccc(Cl)cc1. The van der Waals surface area contributed by atoms with Crippen LogP contribution in [0.1, 0.15) is 38.2 Å². The maximum Gasteiger partial charge on any atom is 0.225 e. The molecule has 0 radical (unpaired) electrons. The van der Waals surface area contributed by atoms with E-state index in [2.05, 4.69) is 25.2 Å². The van der Waals surface area contributed by atoms with Gasteiger partial charge in [0, 0.05) is 27.8 Å². The minimum absolute atomic E-state index is 0.0576. The average Bonchev–Trinajstić information content (AvgIpc) is 2.56. The number of benzene rings is 2. The molecule has 1 amide bonds. The van der Waals surface area contributed by atoms with Crippen LogP contribution in [0.3, 0.4) is 0 Å². The molecule has 2 aromatic carbocycles. The normalized spacial score (nSPS) is 12.0. The number of rotatable bonds is 7. The number of para-hydroxylation sites is 1. The highest BCUT2D eigenvalue weighted by Crippen LogP contribution is 2.27. The van der Waals surface area contributed by atoms with Crippen molar-refractivity contribution in [1.82, 2.24) is 0 Å². The second kappa shape index (κ2) is 8.99. The van der Waals surface area contributed by atoms with Gasteiger partial charge in [-0.1, -0.05) is 43.6 Å². The number of carbonyl (C=O) groups is 1. The van der Waals surface area contributed by atoms with Crippen molar-refractivity contribution in [3.05, 3.63) is 59.1 Å². The average molecular weight is 348 g/mol. The monoisotopic (exact) mass is 347 g/mol. The lowest BCUT2D eigenvalue weighted by atomic mass is 9.97. The zero-order valence-corrected chi connectivity index (χ0v) is 15.1. The highest BCUT2D eigenvalue weighted by atomic mass is 35.5. The molecule has 0 saturated heterocycles. The Bertz CT molecular complexity index is 642. The quantitative estimate of drug-likeness (QED) is 0.625. The summed E-state index contributed by atoms with van der Waals surface area (Å²) in [6, 6.07) is 15.7. The van der Waals surface area contributed by atoms with E-state index in [1.165, 1.54) is 5.56 Å². The first kappa shape index (κ1) is 17.9. The summed E-state index contributed by atoms with van der Waals surface area (Å²) in [5, 5.41) is 3.78. The summed E-state index contributed by atoms with van der Waals surface area (Å²) >= 11 is 7.53. The van der Waals surface area contributed by atoms with Gasteiger partial charge >= 0.3 is 0 Å². The first-order chi connectivity index (χ1) is 11.1. The maximum absolute atomic E-state index is 12.2. The van der Waals surface area contributed by atoms with Gasteiger partial charge in [-0.2, -0.15) is 0 Å². The van der Waals surface area contributed by atoms with E-state index in [1.807, 2.05) is 42.5 Å². The molecule has 23 heavy (non-hydrogen) atoms. The van der Waals surface area contributed by atoms with Crippen LogP contribution in [0, 0.1) is 0 Å². The van der Waals surface area contributed by atoms with E-state index in [1.54, 1.807) is 11.8 Å². The van der Waals surface area contributed by atoms with Crippen molar-refractivity contribution in [3.8, 4) is 0 Å². The molecule has 0 aliphatic heterocycles. The minimum Gasteiger partial charge on any atom is -0.326 e. The van der Waals surface area contributed by atoms with Crippen molar-refractivity contribution in [2.75, 3.05) is 11.1 Å². The predicted molar refractivity (Wildman–Crippen MR) is 101 cm³/mol.